The summed E-state index contributed by atoms with van der Waals surface area (Å²) in [6.07, 6.45) is 1.49. The average Bonchev–Trinajstić information content (AvgIpc) is 3.32. The summed E-state index contributed by atoms with van der Waals surface area (Å²) in [6.45, 7) is 0.321. The predicted molar refractivity (Wildman–Crippen MR) is 92.2 cm³/mol. The van der Waals surface area contributed by atoms with Gasteiger partial charge in [-0.3, -0.25) is 4.79 Å². The topological polar surface area (TPSA) is 117 Å². The number of nitrogens with zero attached hydrogens (tertiary/aromatic N) is 7. The first-order chi connectivity index (χ1) is 12.7. The molecule has 2 aromatic heterocycles. The van der Waals surface area contributed by atoms with Gasteiger partial charge in [0.05, 0.1) is 5.69 Å². The van der Waals surface area contributed by atoms with Crippen molar-refractivity contribution < 1.29 is 4.79 Å². The molecule has 4 rings (SSSR count). The van der Waals surface area contributed by atoms with E-state index in [0.29, 0.717) is 23.8 Å². The molecule has 0 atom stereocenters. The number of primary amides is 1. The Labute approximate surface area is 148 Å². The minimum atomic E-state index is -0.478. The Balaban J connectivity index is 1.56. The normalized spacial score (nSPS) is 10.8. The van der Waals surface area contributed by atoms with Gasteiger partial charge in [-0.25, -0.2) is 9.67 Å². The van der Waals surface area contributed by atoms with Gasteiger partial charge in [0.1, 0.15) is 12.9 Å². The summed E-state index contributed by atoms with van der Waals surface area (Å²) >= 11 is 0. The van der Waals surface area contributed by atoms with Gasteiger partial charge in [-0.1, -0.05) is 30.3 Å². The van der Waals surface area contributed by atoms with Crippen LogP contribution in [0.25, 0.3) is 17.1 Å². The lowest BCUT2D eigenvalue weighted by molar-refractivity contribution is 0.100. The second-order valence-electron chi connectivity index (χ2n) is 5.51. The Morgan fingerprint density at radius 3 is 2.54 bits per heavy atom. The Morgan fingerprint density at radius 2 is 1.81 bits per heavy atom. The molecule has 0 fully saturated rings. The van der Waals surface area contributed by atoms with E-state index in [4.69, 9.17) is 5.73 Å². The van der Waals surface area contributed by atoms with Crippen LogP contribution in [-0.2, 0) is 6.54 Å². The van der Waals surface area contributed by atoms with Gasteiger partial charge in [-0.15, -0.1) is 10.2 Å². The zero-order chi connectivity index (χ0) is 17.9. The number of tetrazole rings is 1. The third-order valence-electron chi connectivity index (χ3n) is 3.78. The van der Waals surface area contributed by atoms with Crippen LogP contribution >= 0.6 is 0 Å². The molecule has 0 spiro atoms. The summed E-state index contributed by atoms with van der Waals surface area (Å²) in [4.78, 5) is 16.9. The maximum atomic E-state index is 11.1. The molecule has 0 bridgehead atoms. The summed E-state index contributed by atoms with van der Waals surface area (Å²) in [5, 5.41) is 16.7. The van der Waals surface area contributed by atoms with E-state index in [2.05, 4.69) is 25.5 Å². The van der Waals surface area contributed by atoms with E-state index in [1.807, 2.05) is 30.3 Å². The fourth-order valence-corrected chi connectivity index (χ4v) is 2.49. The van der Waals surface area contributed by atoms with Gasteiger partial charge in [0, 0.05) is 11.1 Å². The van der Waals surface area contributed by atoms with Gasteiger partial charge in [-0.05, 0) is 29.5 Å². The van der Waals surface area contributed by atoms with E-state index >= 15 is 0 Å². The molecule has 0 saturated carbocycles. The standard InChI is InChI=1S/C17H14N8O/c18-16(26)12-6-8-13(9-7-12)17-21-23-24(22-17)10-15-19-11-20-25(15)14-4-2-1-3-5-14/h1-9,11H,10H2,(H2,18,26). The molecular weight excluding hydrogens is 332 g/mol. The lowest BCUT2D eigenvalue weighted by atomic mass is 10.1. The summed E-state index contributed by atoms with van der Waals surface area (Å²) < 4.78 is 1.73. The predicted octanol–water partition coefficient (Wildman–Crippen LogP) is 1.07. The summed E-state index contributed by atoms with van der Waals surface area (Å²) in [5.74, 6) is 0.657. The number of benzene rings is 2. The molecule has 2 heterocycles. The molecule has 0 aliphatic heterocycles. The zero-order valence-electron chi connectivity index (χ0n) is 13.6. The van der Waals surface area contributed by atoms with Crippen LogP contribution in [0.2, 0.25) is 0 Å². The molecule has 2 N–H and O–H groups in total. The van der Waals surface area contributed by atoms with Gasteiger partial charge in [-0.2, -0.15) is 9.90 Å². The third kappa shape index (κ3) is 3.05. The Bertz CT molecular complexity index is 1040. The van der Waals surface area contributed by atoms with E-state index in [1.54, 1.807) is 28.9 Å². The lowest BCUT2D eigenvalue weighted by Gasteiger charge is -2.04. The van der Waals surface area contributed by atoms with Crippen LogP contribution < -0.4 is 5.73 Å². The summed E-state index contributed by atoms with van der Waals surface area (Å²) in [6, 6.07) is 16.4. The van der Waals surface area contributed by atoms with Crippen molar-refractivity contribution in [1.82, 2.24) is 35.0 Å². The fourth-order valence-electron chi connectivity index (χ4n) is 2.49. The maximum Gasteiger partial charge on any atom is 0.248 e. The molecule has 128 valence electrons. The van der Waals surface area contributed by atoms with Crippen LogP contribution in [-0.4, -0.2) is 40.9 Å². The van der Waals surface area contributed by atoms with E-state index in [-0.39, 0.29) is 0 Å². The first-order valence-corrected chi connectivity index (χ1v) is 7.83. The quantitative estimate of drug-likeness (QED) is 0.577. The number of rotatable bonds is 5. The van der Waals surface area contributed by atoms with Crippen LogP contribution in [0.15, 0.2) is 60.9 Å². The van der Waals surface area contributed by atoms with Crippen LogP contribution in [0.5, 0.6) is 0 Å². The first-order valence-electron chi connectivity index (χ1n) is 7.83. The SMILES string of the molecule is NC(=O)c1ccc(-c2nnn(Cc3ncnn3-c3ccccc3)n2)cc1. The Hall–Kier alpha value is -3.88. The first kappa shape index (κ1) is 15.6. The van der Waals surface area contributed by atoms with Crippen molar-refractivity contribution >= 4 is 5.91 Å². The molecule has 0 aliphatic carbocycles. The second kappa shape index (κ2) is 6.55. The van der Waals surface area contributed by atoms with Crippen molar-refractivity contribution in [1.29, 1.82) is 0 Å². The van der Waals surface area contributed by atoms with Gasteiger partial charge >= 0.3 is 0 Å². The van der Waals surface area contributed by atoms with E-state index in [0.717, 1.165) is 11.3 Å². The lowest BCUT2D eigenvalue weighted by Crippen LogP contribution is -2.11. The van der Waals surface area contributed by atoms with Crippen molar-refractivity contribution in [2.24, 2.45) is 5.73 Å². The molecule has 0 saturated heterocycles. The van der Waals surface area contributed by atoms with Crippen LogP contribution in [0, 0.1) is 0 Å². The Morgan fingerprint density at radius 1 is 1.04 bits per heavy atom. The Kier molecular flexibility index (Phi) is 3.94. The second-order valence-corrected chi connectivity index (χ2v) is 5.51. The van der Waals surface area contributed by atoms with Crippen LogP contribution in [0.1, 0.15) is 16.2 Å². The van der Waals surface area contributed by atoms with Gasteiger partial charge in [0.25, 0.3) is 0 Å². The highest BCUT2D eigenvalue weighted by molar-refractivity contribution is 5.93. The largest absolute Gasteiger partial charge is 0.366 e. The molecule has 9 heteroatoms. The van der Waals surface area contributed by atoms with Crippen molar-refractivity contribution in [3.63, 3.8) is 0 Å². The maximum absolute atomic E-state index is 11.1. The van der Waals surface area contributed by atoms with E-state index in [1.165, 1.54) is 11.1 Å². The summed E-state index contributed by atoms with van der Waals surface area (Å²) in [5.41, 5.74) is 7.32. The number of carbonyl (C=O) groups excluding carboxylic acids is 1. The van der Waals surface area contributed by atoms with Crippen LogP contribution in [0.4, 0.5) is 0 Å². The number of para-hydroxylation sites is 1. The molecule has 0 unspecified atom stereocenters. The monoisotopic (exact) mass is 346 g/mol. The zero-order valence-corrected chi connectivity index (χ0v) is 13.6. The minimum absolute atomic E-state index is 0.321. The van der Waals surface area contributed by atoms with Gasteiger partial charge < -0.3 is 5.73 Å². The number of amides is 1. The van der Waals surface area contributed by atoms with Gasteiger partial charge in [0.2, 0.25) is 11.7 Å². The van der Waals surface area contributed by atoms with Crippen molar-refractivity contribution in [2.75, 3.05) is 0 Å². The van der Waals surface area contributed by atoms with Gasteiger partial charge in [0.15, 0.2) is 5.82 Å². The minimum Gasteiger partial charge on any atom is -0.366 e. The highest BCUT2D eigenvalue weighted by atomic mass is 16.1. The number of hydrogen-bond donors (Lipinski definition) is 1. The van der Waals surface area contributed by atoms with Crippen molar-refractivity contribution in [2.45, 2.75) is 6.54 Å². The summed E-state index contributed by atoms with van der Waals surface area (Å²) in [7, 11) is 0. The molecule has 4 aromatic rings. The number of aromatic nitrogens is 7. The van der Waals surface area contributed by atoms with E-state index < -0.39 is 5.91 Å². The number of carbonyl (C=O) groups is 1. The molecular formula is C17H14N8O. The van der Waals surface area contributed by atoms with E-state index in [9.17, 15) is 4.79 Å². The smallest absolute Gasteiger partial charge is 0.248 e. The molecule has 9 nitrogen and oxygen atoms in total. The molecule has 0 aliphatic rings. The molecule has 2 aromatic carbocycles. The van der Waals surface area contributed by atoms with Crippen molar-refractivity contribution in [3.05, 3.63) is 72.3 Å². The highest BCUT2D eigenvalue weighted by Crippen LogP contribution is 2.15. The molecule has 0 radical (unpaired) electrons. The van der Waals surface area contributed by atoms with Crippen molar-refractivity contribution in [3.8, 4) is 17.1 Å². The van der Waals surface area contributed by atoms with Crippen LogP contribution in [0.3, 0.4) is 0 Å². The third-order valence-corrected chi connectivity index (χ3v) is 3.78. The average molecular weight is 346 g/mol. The number of hydrogen-bond acceptors (Lipinski definition) is 6. The molecule has 1 amide bonds. The fraction of sp³-hybridized carbons (Fsp3) is 0.0588. The number of nitrogens with two attached hydrogens (primary N) is 1. The molecule has 26 heavy (non-hydrogen) atoms. The highest BCUT2D eigenvalue weighted by Gasteiger charge is 2.11.